The van der Waals surface area contributed by atoms with Crippen LogP contribution in [0.15, 0.2) is 24.4 Å². The minimum absolute atomic E-state index is 0.0208. The molecule has 4 nitrogen and oxygen atoms in total. The number of hydrogen-bond acceptors (Lipinski definition) is 2. The van der Waals surface area contributed by atoms with E-state index in [1.54, 1.807) is 13.3 Å². The zero-order valence-corrected chi connectivity index (χ0v) is 11.5. The number of amides is 1. The number of fused-ring (bicyclic) bond motifs is 1. The Hall–Kier alpha value is -1.97. The van der Waals surface area contributed by atoms with Gasteiger partial charge in [0.05, 0.1) is 12.7 Å². The number of carbonyl (C=O) groups excluding carboxylic acids is 1. The first kappa shape index (κ1) is 13.5. The molecule has 0 aliphatic heterocycles. The van der Waals surface area contributed by atoms with Crippen molar-refractivity contribution in [1.82, 2.24) is 10.3 Å². The average molecular weight is 260 g/mol. The predicted molar refractivity (Wildman–Crippen MR) is 76.7 cm³/mol. The third-order valence-corrected chi connectivity index (χ3v) is 3.20. The summed E-state index contributed by atoms with van der Waals surface area (Å²) in [6, 6.07) is 5.67. The van der Waals surface area contributed by atoms with Crippen LogP contribution >= 0.6 is 0 Å². The number of aromatic nitrogens is 1. The lowest BCUT2D eigenvalue weighted by Crippen LogP contribution is -2.24. The van der Waals surface area contributed by atoms with Crippen LogP contribution < -0.4 is 10.1 Å². The number of benzene rings is 1. The van der Waals surface area contributed by atoms with Crippen molar-refractivity contribution in [2.45, 2.75) is 26.2 Å². The van der Waals surface area contributed by atoms with Gasteiger partial charge in [0, 0.05) is 29.7 Å². The SMILES string of the molecule is CCCCCNC(=O)c1c[nH]c2cc(OC)ccc12. The molecule has 1 heterocycles. The van der Waals surface area contributed by atoms with Gasteiger partial charge >= 0.3 is 0 Å². The lowest BCUT2D eigenvalue weighted by Gasteiger charge is -2.04. The summed E-state index contributed by atoms with van der Waals surface area (Å²) in [5, 5.41) is 3.88. The number of ether oxygens (including phenoxy) is 1. The van der Waals surface area contributed by atoms with E-state index in [9.17, 15) is 4.79 Å². The molecule has 0 spiro atoms. The lowest BCUT2D eigenvalue weighted by molar-refractivity contribution is 0.0954. The van der Waals surface area contributed by atoms with Crippen LogP contribution in [0.1, 0.15) is 36.5 Å². The standard InChI is InChI=1S/C15H20N2O2/c1-3-4-5-8-16-15(18)13-10-17-14-9-11(19-2)6-7-12(13)14/h6-7,9-10,17H,3-5,8H2,1-2H3,(H,16,18). The van der Waals surface area contributed by atoms with Crippen molar-refractivity contribution in [3.8, 4) is 5.75 Å². The second-order valence-corrected chi connectivity index (χ2v) is 4.58. The molecule has 0 aliphatic carbocycles. The quantitative estimate of drug-likeness (QED) is 0.784. The summed E-state index contributed by atoms with van der Waals surface area (Å²) in [4.78, 5) is 15.2. The number of nitrogens with one attached hydrogen (secondary N) is 2. The van der Waals surface area contributed by atoms with Crippen molar-refractivity contribution in [2.24, 2.45) is 0 Å². The first-order valence-corrected chi connectivity index (χ1v) is 6.69. The summed E-state index contributed by atoms with van der Waals surface area (Å²) in [7, 11) is 1.63. The third-order valence-electron chi connectivity index (χ3n) is 3.20. The van der Waals surface area contributed by atoms with E-state index in [1.807, 2.05) is 18.2 Å². The van der Waals surface area contributed by atoms with Crippen molar-refractivity contribution in [2.75, 3.05) is 13.7 Å². The summed E-state index contributed by atoms with van der Waals surface area (Å²) in [5.41, 5.74) is 1.60. The molecule has 0 aliphatic rings. The molecule has 1 aromatic heterocycles. The van der Waals surface area contributed by atoms with Crippen molar-refractivity contribution >= 4 is 16.8 Å². The fourth-order valence-corrected chi connectivity index (χ4v) is 2.09. The van der Waals surface area contributed by atoms with Crippen molar-refractivity contribution < 1.29 is 9.53 Å². The highest BCUT2D eigenvalue weighted by Crippen LogP contribution is 2.23. The molecular weight excluding hydrogens is 240 g/mol. The van der Waals surface area contributed by atoms with Crippen molar-refractivity contribution in [1.29, 1.82) is 0 Å². The summed E-state index contributed by atoms with van der Waals surface area (Å²) in [5.74, 6) is 0.761. The van der Waals surface area contributed by atoms with Gasteiger partial charge in [-0.2, -0.15) is 0 Å². The first-order valence-electron chi connectivity index (χ1n) is 6.69. The molecule has 0 fully saturated rings. The molecule has 0 bridgehead atoms. The highest BCUT2D eigenvalue weighted by molar-refractivity contribution is 6.06. The molecule has 1 aromatic carbocycles. The highest BCUT2D eigenvalue weighted by Gasteiger charge is 2.11. The molecule has 2 rings (SSSR count). The molecule has 0 unspecified atom stereocenters. The van der Waals surface area contributed by atoms with Crippen LogP contribution in [0.4, 0.5) is 0 Å². The van der Waals surface area contributed by atoms with E-state index >= 15 is 0 Å². The summed E-state index contributed by atoms with van der Waals surface area (Å²) < 4.78 is 5.16. The van der Waals surface area contributed by atoms with Gasteiger partial charge in [-0.15, -0.1) is 0 Å². The lowest BCUT2D eigenvalue weighted by atomic mass is 10.1. The van der Waals surface area contributed by atoms with Gasteiger partial charge in [-0.05, 0) is 18.6 Å². The Balaban J connectivity index is 2.10. The molecule has 0 atom stereocenters. The number of methoxy groups -OCH3 is 1. The number of carbonyl (C=O) groups is 1. The summed E-state index contributed by atoms with van der Waals surface area (Å²) in [6.45, 7) is 2.88. The van der Waals surface area contributed by atoms with E-state index in [0.29, 0.717) is 5.56 Å². The van der Waals surface area contributed by atoms with E-state index < -0.39 is 0 Å². The van der Waals surface area contributed by atoms with Crippen molar-refractivity contribution in [3.05, 3.63) is 30.0 Å². The van der Waals surface area contributed by atoms with Crippen LogP contribution in [0, 0.1) is 0 Å². The normalized spacial score (nSPS) is 10.6. The fourth-order valence-electron chi connectivity index (χ4n) is 2.09. The van der Waals surface area contributed by atoms with Gasteiger partial charge in [0.1, 0.15) is 5.75 Å². The van der Waals surface area contributed by atoms with Gasteiger partial charge in [0.15, 0.2) is 0 Å². The highest BCUT2D eigenvalue weighted by atomic mass is 16.5. The minimum Gasteiger partial charge on any atom is -0.497 e. The number of rotatable bonds is 6. The maximum absolute atomic E-state index is 12.1. The van der Waals surface area contributed by atoms with Gasteiger partial charge in [-0.3, -0.25) is 4.79 Å². The van der Waals surface area contributed by atoms with E-state index in [-0.39, 0.29) is 5.91 Å². The Bertz CT molecular complexity index is 560. The molecule has 1 amide bonds. The monoisotopic (exact) mass is 260 g/mol. The molecule has 2 N–H and O–H groups in total. The first-order chi connectivity index (χ1) is 9.26. The van der Waals surface area contributed by atoms with Crippen LogP contribution in [0.3, 0.4) is 0 Å². The molecule has 0 saturated carbocycles. The second kappa shape index (κ2) is 6.27. The van der Waals surface area contributed by atoms with Gasteiger partial charge in [-0.25, -0.2) is 0 Å². The molecular formula is C15H20N2O2. The number of unbranched alkanes of at least 4 members (excludes halogenated alkanes) is 2. The van der Waals surface area contributed by atoms with Gasteiger partial charge in [0.25, 0.3) is 5.91 Å². The van der Waals surface area contributed by atoms with Crippen LogP contribution in [-0.4, -0.2) is 24.5 Å². The topological polar surface area (TPSA) is 54.1 Å². The Kier molecular flexibility index (Phi) is 4.44. The van der Waals surface area contributed by atoms with Gasteiger partial charge < -0.3 is 15.0 Å². The maximum Gasteiger partial charge on any atom is 0.253 e. The smallest absolute Gasteiger partial charge is 0.253 e. The fraction of sp³-hybridized carbons (Fsp3) is 0.400. The molecule has 0 saturated heterocycles. The van der Waals surface area contributed by atoms with Crippen LogP contribution in [0.2, 0.25) is 0 Å². The summed E-state index contributed by atoms with van der Waals surface area (Å²) in [6.07, 6.45) is 5.08. The average Bonchev–Trinajstić information content (AvgIpc) is 2.86. The van der Waals surface area contributed by atoms with E-state index in [4.69, 9.17) is 4.74 Å². The maximum atomic E-state index is 12.1. The van der Waals surface area contributed by atoms with Crippen molar-refractivity contribution in [3.63, 3.8) is 0 Å². The molecule has 19 heavy (non-hydrogen) atoms. The molecule has 102 valence electrons. The zero-order valence-electron chi connectivity index (χ0n) is 11.5. The van der Waals surface area contributed by atoms with Gasteiger partial charge in [-0.1, -0.05) is 19.8 Å². The number of H-pyrrole nitrogens is 1. The second-order valence-electron chi connectivity index (χ2n) is 4.58. The largest absolute Gasteiger partial charge is 0.497 e. The number of aromatic amines is 1. The van der Waals surface area contributed by atoms with Crippen LogP contribution in [-0.2, 0) is 0 Å². The van der Waals surface area contributed by atoms with Gasteiger partial charge in [0.2, 0.25) is 0 Å². The van der Waals surface area contributed by atoms with E-state index in [0.717, 1.165) is 42.5 Å². The zero-order chi connectivity index (χ0) is 13.7. The molecule has 0 radical (unpaired) electrons. The molecule has 4 heteroatoms. The summed E-state index contributed by atoms with van der Waals surface area (Å²) >= 11 is 0. The Morgan fingerprint density at radius 1 is 1.37 bits per heavy atom. The minimum atomic E-state index is -0.0208. The number of hydrogen-bond donors (Lipinski definition) is 2. The Morgan fingerprint density at radius 3 is 2.95 bits per heavy atom. The van der Waals surface area contributed by atoms with Crippen LogP contribution in [0.5, 0.6) is 5.75 Å². The molecule has 2 aromatic rings. The Morgan fingerprint density at radius 2 is 2.21 bits per heavy atom. The van der Waals surface area contributed by atoms with E-state index in [1.165, 1.54) is 0 Å². The predicted octanol–water partition coefficient (Wildman–Crippen LogP) is 3.10. The van der Waals surface area contributed by atoms with E-state index in [2.05, 4.69) is 17.2 Å². The third kappa shape index (κ3) is 3.08. The van der Waals surface area contributed by atoms with Crippen LogP contribution in [0.25, 0.3) is 10.9 Å². The Labute approximate surface area is 113 Å².